The van der Waals surface area contributed by atoms with Gasteiger partial charge in [-0.05, 0) is 29.8 Å². The first-order valence-corrected chi connectivity index (χ1v) is 5.58. The van der Waals surface area contributed by atoms with Gasteiger partial charge in [0, 0.05) is 10.4 Å². The molecule has 0 amide bonds. The van der Waals surface area contributed by atoms with Crippen LogP contribution in [0.1, 0.15) is 5.56 Å². The molecule has 0 saturated heterocycles. The number of rotatable bonds is 1. The van der Waals surface area contributed by atoms with Crippen molar-refractivity contribution in [1.82, 2.24) is 4.98 Å². The van der Waals surface area contributed by atoms with E-state index in [2.05, 4.69) is 4.98 Å². The molecule has 0 aliphatic rings. The Morgan fingerprint density at radius 2 is 2.20 bits per heavy atom. The molecule has 0 unspecified atom stereocenters. The molecule has 2 aromatic rings. The number of nitriles is 1. The zero-order chi connectivity index (χ0) is 10.8. The lowest BCUT2D eigenvalue weighted by molar-refractivity contribution is 1.26. The van der Waals surface area contributed by atoms with E-state index in [4.69, 9.17) is 5.26 Å². The maximum absolute atomic E-state index is 11.4. The van der Waals surface area contributed by atoms with Gasteiger partial charge in [-0.25, -0.2) is 0 Å². The highest BCUT2D eigenvalue weighted by Crippen LogP contribution is 2.19. The first-order chi connectivity index (χ1) is 7.24. The van der Waals surface area contributed by atoms with Gasteiger partial charge in [0.15, 0.2) is 0 Å². The lowest BCUT2D eigenvalue weighted by Gasteiger charge is -2.00. The summed E-state index contributed by atoms with van der Waals surface area (Å²) in [5, 5.41) is 9.58. The number of fused-ring (bicyclic) bond motifs is 1. The molecule has 0 spiro atoms. The Hall–Kier alpha value is -1.73. The third kappa shape index (κ3) is 1.74. The normalized spacial score (nSPS) is 10.1. The summed E-state index contributed by atoms with van der Waals surface area (Å²) in [6, 6.07) is 9.25. The van der Waals surface area contributed by atoms with Crippen LogP contribution in [0.4, 0.5) is 0 Å². The fourth-order valence-electron chi connectivity index (χ4n) is 1.39. The van der Waals surface area contributed by atoms with Gasteiger partial charge in [-0.1, -0.05) is 6.07 Å². The number of H-pyrrole nitrogens is 1. The van der Waals surface area contributed by atoms with E-state index in [1.165, 1.54) is 0 Å². The minimum absolute atomic E-state index is 0.152. The highest BCUT2D eigenvalue weighted by Gasteiger charge is 2.02. The molecule has 0 atom stereocenters. The maximum atomic E-state index is 11.4. The van der Waals surface area contributed by atoms with E-state index < -0.39 is 0 Å². The molecule has 1 N–H and O–H groups in total. The van der Waals surface area contributed by atoms with E-state index in [9.17, 15) is 4.79 Å². The second-order valence-electron chi connectivity index (χ2n) is 3.08. The van der Waals surface area contributed by atoms with Gasteiger partial charge in [0.25, 0.3) is 5.56 Å². The Bertz CT molecular complexity index is 610. The monoisotopic (exact) mass is 216 g/mol. The smallest absolute Gasteiger partial charge is 0.266 e. The predicted molar refractivity (Wildman–Crippen MR) is 61.1 cm³/mol. The predicted octanol–water partition coefficient (Wildman–Crippen LogP) is 2.12. The third-order valence-corrected chi connectivity index (χ3v) is 2.90. The Morgan fingerprint density at radius 3 is 2.87 bits per heavy atom. The number of thioether (sulfide) groups is 1. The molecule has 0 saturated carbocycles. The molecule has 0 aliphatic heterocycles. The van der Waals surface area contributed by atoms with Crippen LogP contribution in [0.25, 0.3) is 10.9 Å². The maximum Gasteiger partial charge on any atom is 0.266 e. The van der Waals surface area contributed by atoms with Crippen LogP contribution in [0.3, 0.4) is 0 Å². The van der Waals surface area contributed by atoms with Crippen molar-refractivity contribution in [2.24, 2.45) is 0 Å². The van der Waals surface area contributed by atoms with Crippen molar-refractivity contribution in [2.45, 2.75) is 4.90 Å². The number of benzene rings is 1. The van der Waals surface area contributed by atoms with Crippen LogP contribution in [-0.4, -0.2) is 11.2 Å². The molecule has 0 radical (unpaired) electrons. The lowest BCUT2D eigenvalue weighted by atomic mass is 10.2. The first-order valence-electron chi connectivity index (χ1n) is 4.36. The molecule has 3 nitrogen and oxygen atoms in total. The second kappa shape index (κ2) is 3.79. The van der Waals surface area contributed by atoms with E-state index in [1.54, 1.807) is 17.8 Å². The average molecular weight is 216 g/mol. The van der Waals surface area contributed by atoms with Crippen LogP contribution in [-0.2, 0) is 0 Å². The Kier molecular flexibility index (Phi) is 2.48. The summed E-state index contributed by atoms with van der Waals surface area (Å²) in [5.41, 5.74) is 0.591. The SMILES string of the molecule is CSc1ccc2cc(C#N)c(=O)[nH]c2c1. The largest absolute Gasteiger partial charge is 0.321 e. The van der Waals surface area contributed by atoms with Gasteiger partial charge < -0.3 is 4.98 Å². The average Bonchev–Trinajstić information content (AvgIpc) is 2.27. The summed E-state index contributed by atoms with van der Waals surface area (Å²) < 4.78 is 0. The topological polar surface area (TPSA) is 56.6 Å². The van der Waals surface area contributed by atoms with Crippen LogP contribution in [0, 0.1) is 11.3 Å². The molecule has 4 heteroatoms. The summed E-state index contributed by atoms with van der Waals surface area (Å²) in [6.45, 7) is 0. The summed E-state index contributed by atoms with van der Waals surface area (Å²) in [4.78, 5) is 15.2. The summed E-state index contributed by atoms with van der Waals surface area (Å²) in [6.07, 6.45) is 1.98. The van der Waals surface area contributed by atoms with Gasteiger partial charge in [-0.15, -0.1) is 11.8 Å². The number of aromatic nitrogens is 1. The zero-order valence-electron chi connectivity index (χ0n) is 8.07. The number of hydrogen-bond acceptors (Lipinski definition) is 3. The van der Waals surface area contributed by atoms with Gasteiger partial charge in [0.05, 0.1) is 0 Å². The molecular formula is C11H8N2OS. The van der Waals surface area contributed by atoms with Crippen molar-refractivity contribution >= 4 is 22.7 Å². The molecule has 0 fully saturated rings. The number of pyridine rings is 1. The molecule has 74 valence electrons. The molecule has 0 aliphatic carbocycles. The molecule has 2 rings (SSSR count). The number of hydrogen-bond donors (Lipinski definition) is 1. The van der Waals surface area contributed by atoms with E-state index in [-0.39, 0.29) is 11.1 Å². The fourth-order valence-corrected chi connectivity index (χ4v) is 1.83. The lowest BCUT2D eigenvalue weighted by Crippen LogP contribution is -2.09. The highest BCUT2D eigenvalue weighted by molar-refractivity contribution is 7.98. The molecule has 1 heterocycles. The highest BCUT2D eigenvalue weighted by atomic mass is 32.2. The number of nitrogens with zero attached hydrogens (tertiary/aromatic N) is 1. The quantitative estimate of drug-likeness (QED) is 0.743. The van der Waals surface area contributed by atoms with E-state index in [0.29, 0.717) is 0 Å². The molecule has 1 aromatic carbocycles. The van der Waals surface area contributed by atoms with Gasteiger partial charge in [-0.2, -0.15) is 5.26 Å². The van der Waals surface area contributed by atoms with Crippen molar-refractivity contribution < 1.29 is 0 Å². The van der Waals surface area contributed by atoms with Crippen LogP contribution in [0.15, 0.2) is 34.0 Å². The first kappa shape index (κ1) is 9.81. The molecular weight excluding hydrogens is 208 g/mol. The third-order valence-electron chi connectivity index (χ3n) is 2.17. The molecule has 15 heavy (non-hydrogen) atoms. The zero-order valence-corrected chi connectivity index (χ0v) is 8.89. The molecule has 1 aromatic heterocycles. The fraction of sp³-hybridized carbons (Fsp3) is 0.0909. The van der Waals surface area contributed by atoms with Crippen LogP contribution in [0.5, 0.6) is 0 Å². The van der Waals surface area contributed by atoms with Crippen molar-refractivity contribution in [3.05, 3.63) is 40.2 Å². The second-order valence-corrected chi connectivity index (χ2v) is 3.96. The molecule has 0 bridgehead atoms. The van der Waals surface area contributed by atoms with Crippen molar-refractivity contribution in [3.8, 4) is 6.07 Å². The van der Waals surface area contributed by atoms with Crippen LogP contribution < -0.4 is 5.56 Å². The standard InChI is InChI=1S/C11H8N2OS/c1-15-9-3-2-7-4-8(6-12)11(14)13-10(7)5-9/h2-5H,1H3,(H,13,14). The minimum Gasteiger partial charge on any atom is -0.321 e. The van der Waals surface area contributed by atoms with E-state index in [1.807, 2.05) is 30.5 Å². The van der Waals surface area contributed by atoms with Crippen LogP contribution >= 0.6 is 11.8 Å². The minimum atomic E-state index is -0.330. The van der Waals surface area contributed by atoms with E-state index in [0.717, 1.165) is 15.8 Å². The van der Waals surface area contributed by atoms with Crippen molar-refractivity contribution in [3.63, 3.8) is 0 Å². The number of nitrogens with one attached hydrogen (secondary N) is 1. The summed E-state index contributed by atoms with van der Waals surface area (Å²) in [7, 11) is 0. The Balaban J connectivity index is 2.77. The summed E-state index contributed by atoms with van der Waals surface area (Å²) >= 11 is 1.61. The summed E-state index contributed by atoms with van der Waals surface area (Å²) in [5.74, 6) is 0. The van der Waals surface area contributed by atoms with Crippen molar-refractivity contribution in [2.75, 3.05) is 6.26 Å². The Labute approximate surface area is 90.7 Å². The van der Waals surface area contributed by atoms with Crippen molar-refractivity contribution in [1.29, 1.82) is 5.26 Å². The Morgan fingerprint density at radius 1 is 1.40 bits per heavy atom. The van der Waals surface area contributed by atoms with Gasteiger partial charge in [0.2, 0.25) is 0 Å². The van der Waals surface area contributed by atoms with Crippen LogP contribution in [0.2, 0.25) is 0 Å². The number of aromatic amines is 1. The van der Waals surface area contributed by atoms with Gasteiger partial charge in [0.1, 0.15) is 11.6 Å². The van der Waals surface area contributed by atoms with Gasteiger partial charge in [-0.3, -0.25) is 4.79 Å². The van der Waals surface area contributed by atoms with Gasteiger partial charge >= 0.3 is 0 Å². The van der Waals surface area contributed by atoms with E-state index >= 15 is 0 Å².